The average molecular weight is 484 g/mol. The summed E-state index contributed by atoms with van der Waals surface area (Å²) in [5, 5.41) is 4.06. The van der Waals surface area contributed by atoms with Crippen LogP contribution in [0.5, 0.6) is 11.5 Å². The van der Waals surface area contributed by atoms with E-state index < -0.39 is 22.5 Å². The molecule has 0 aliphatic carbocycles. The Morgan fingerprint density at radius 3 is 2.41 bits per heavy atom. The van der Waals surface area contributed by atoms with Gasteiger partial charge in [0.2, 0.25) is 10.0 Å². The normalized spacial score (nSPS) is 11.7. The summed E-state index contributed by atoms with van der Waals surface area (Å²) in [6.45, 7) is 1.31. The van der Waals surface area contributed by atoms with E-state index in [4.69, 9.17) is 9.47 Å². The summed E-state index contributed by atoms with van der Waals surface area (Å²) in [5.41, 5.74) is 4.00. The molecule has 0 heterocycles. The number of sulfonamides is 1. The van der Waals surface area contributed by atoms with Crippen molar-refractivity contribution in [1.29, 1.82) is 0 Å². The molecule has 2 rings (SSSR count). The number of hydrogen-bond acceptors (Lipinski definition) is 6. The van der Waals surface area contributed by atoms with Gasteiger partial charge in [0.1, 0.15) is 6.54 Å². The predicted molar refractivity (Wildman–Crippen MR) is 116 cm³/mol. The zero-order chi connectivity index (χ0) is 21.6. The van der Waals surface area contributed by atoms with Crippen LogP contribution in [0.4, 0.5) is 5.69 Å². The van der Waals surface area contributed by atoms with Crippen LogP contribution >= 0.6 is 15.9 Å². The summed E-state index contributed by atoms with van der Waals surface area (Å²) in [5.74, 6) is 0.532. The molecule has 0 radical (unpaired) electrons. The van der Waals surface area contributed by atoms with Crippen LogP contribution in [0, 0.1) is 0 Å². The Hall–Kier alpha value is -2.59. The van der Waals surface area contributed by atoms with E-state index in [1.54, 1.807) is 49.4 Å². The molecule has 1 amide bonds. The first-order chi connectivity index (χ1) is 13.7. The van der Waals surface area contributed by atoms with Crippen molar-refractivity contribution < 1.29 is 22.7 Å². The summed E-state index contributed by atoms with van der Waals surface area (Å²) in [6, 6.07) is 11.9. The van der Waals surface area contributed by atoms with Crippen molar-refractivity contribution in [2.45, 2.75) is 6.92 Å². The van der Waals surface area contributed by atoms with Gasteiger partial charge >= 0.3 is 0 Å². The maximum atomic E-state index is 12.3. The van der Waals surface area contributed by atoms with Crippen molar-refractivity contribution in [2.75, 3.05) is 31.3 Å². The molecule has 2 aromatic carbocycles. The highest BCUT2D eigenvalue weighted by molar-refractivity contribution is 9.10. The van der Waals surface area contributed by atoms with Crippen molar-refractivity contribution in [2.24, 2.45) is 5.10 Å². The first-order valence-electron chi connectivity index (χ1n) is 8.44. The number of hydrogen-bond donors (Lipinski definition) is 1. The second-order valence-electron chi connectivity index (χ2n) is 6.05. The highest BCUT2D eigenvalue weighted by Gasteiger charge is 2.21. The zero-order valence-corrected chi connectivity index (χ0v) is 18.9. The fourth-order valence-electron chi connectivity index (χ4n) is 2.47. The second kappa shape index (κ2) is 9.75. The lowest BCUT2D eigenvalue weighted by atomic mass is 10.1. The van der Waals surface area contributed by atoms with Gasteiger partial charge in [-0.05, 0) is 43.3 Å². The van der Waals surface area contributed by atoms with Gasteiger partial charge in [-0.3, -0.25) is 9.10 Å². The molecule has 1 N–H and O–H groups in total. The lowest BCUT2D eigenvalue weighted by molar-refractivity contribution is -0.119. The van der Waals surface area contributed by atoms with Crippen LogP contribution in [0.25, 0.3) is 0 Å². The van der Waals surface area contributed by atoms with Gasteiger partial charge in [-0.15, -0.1) is 0 Å². The van der Waals surface area contributed by atoms with Gasteiger partial charge in [0.15, 0.2) is 11.5 Å². The third-order valence-electron chi connectivity index (χ3n) is 3.93. The number of carbonyl (C=O) groups is 1. The highest BCUT2D eigenvalue weighted by atomic mass is 79.9. The quantitative estimate of drug-likeness (QED) is 0.459. The average Bonchev–Trinajstić information content (AvgIpc) is 2.68. The van der Waals surface area contributed by atoms with E-state index in [-0.39, 0.29) is 0 Å². The molecule has 0 spiro atoms. The van der Waals surface area contributed by atoms with E-state index in [0.717, 1.165) is 16.1 Å². The number of ether oxygens (including phenoxy) is 2. The summed E-state index contributed by atoms with van der Waals surface area (Å²) in [6.07, 6.45) is 1.04. The molecule has 29 heavy (non-hydrogen) atoms. The van der Waals surface area contributed by atoms with Gasteiger partial charge in [-0.25, -0.2) is 13.8 Å². The van der Waals surface area contributed by atoms with Crippen molar-refractivity contribution in [3.05, 3.63) is 52.5 Å². The van der Waals surface area contributed by atoms with Crippen LogP contribution in [0.3, 0.4) is 0 Å². The van der Waals surface area contributed by atoms with Crippen molar-refractivity contribution in [1.82, 2.24) is 5.43 Å². The largest absolute Gasteiger partial charge is 0.493 e. The lowest BCUT2D eigenvalue weighted by Gasteiger charge is -2.21. The Morgan fingerprint density at radius 1 is 1.14 bits per heavy atom. The molecule has 0 saturated carbocycles. The molecule has 0 aromatic heterocycles. The van der Waals surface area contributed by atoms with Gasteiger partial charge in [-0.2, -0.15) is 5.10 Å². The number of nitrogens with one attached hydrogen (secondary N) is 1. The molecular weight excluding hydrogens is 462 g/mol. The SMILES string of the molecule is COc1ccc(/C(C)=N\NC(=O)CN(c2cccc(Br)c2)S(C)(=O)=O)cc1OC. The summed E-state index contributed by atoms with van der Waals surface area (Å²) in [4.78, 5) is 12.3. The summed E-state index contributed by atoms with van der Waals surface area (Å²) in [7, 11) is -0.600. The fraction of sp³-hybridized carbons (Fsp3) is 0.263. The van der Waals surface area contributed by atoms with Crippen LogP contribution in [-0.4, -0.2) is 47.1 Å². The summed E-state index contributed by atoms with van der Waals surface area (Å²) < 4.78 is 36.4. The smallest absolute Gasteiger partial charge is 0.260 e. The number of hydrazone groups is 1. The van der Waals surface area contributed by atoms with Gasteiger partial charge in [0.25, 0.3) is 5.91 Å². The van der Waals surface area contributed by atoms with Crippen molar-refractivity contribution >= 4 is 43.3 Å². The van der Waals surface area contributed by atoms with E-state index in [1.807, 2.05) is 0 Å². The number of rotatable bonds is 8. The Bertz CT molecular complexity index is 1020. The van der Waals surface area contributed by atoms with Gasteiger partial charge in [0.05, 0.1) is 31.9 Å². The molecular formula is C19H22BrN3O5S. The molecule has 10 heteroatoms. The minimum Gasteiger partial charge on any atom is -0.493 e. The molecule has 0 atom stereocenters. The number of halogens is 1. The minimum atomic E-state index is -3.66. The van der Waals surface area contributed by atoms with Crippen LogP contribution < -0.4 is 19.2 Å². The molecule has 156 valence electrons. The Morgan fingerprint density at radius 2 is 1.83 bits per heavy atom. The third kappa shape index (κ3) is 6.20. The van der Waals surface area contributed by atoms with Gasteiger partial charge in [0, 0.05) is 10.0 Å². The first-order valence-corrected chi connectivity index (χ1v) is 11.1. The van der Waals surface area contributed by atoms with E-state index in [1.165, 1.54) is 14.2 Å². The lowest BCUT2D eigenvalue weighted by Crippen LogP contribution is -2.39. The number of anilines is 1. The van der Waals surface area contributed by atoms with Crippen LogP contribution in [0.2, 0.25) is 0 Å². The number of nitrogens with zero attached hydrogens (tertiary/aromatic N) is 2. The highest BCUT2D eigenvalue weighted by Crippen LogP contribution is 2.27. The second-order valence-corrected chi connectivity index (χ2v) is 8.87. The maximum Gasteiger partial charge on any atom is 0.260 e. The van der Waals surface area contributed by atoms with E-state index in [2.05, 4.69) is 26.5 Å². The Labute approximate surface area is 178 Å². The molecule has 2 aromatic rings. The molecule has 0 saturated heterocycles. The topological polar surface area (TPSA) is 97.3 Å². The molecule has 0 unspecified atom stereocenters. The van der Waals surface area contributed by atoms with Crippen molar-refractivity contribution in [3.8, 4) is 11.5 Å². The molecule has 0 aliphatic heterocycles. The maximum absolute atomic E-state index is 12.3. The molecule has 0 aliphatic rings. The number of amides is 1. The van der Waals surface area contributed by atoms with Crippen LogP contribution in [0.15, 0.2) is 52.0 Å². The molecule has 0 fully saturated rings. The minimum absolute atomic E-state index is 0.373. The number of benzene rings is 2. The number of carbonyl (C=O) groups excluding carboxylic acids is 1. The van der Waals surface area contributed by atoms with E-state index in [9.17, 15) is 13.2 Å². The standard InChI is InChI=1S/C19H22BrN3O5S/c1-13(14-8-9-17(27-2)18(10-14)28-3)21-22-19(24)12-23(29(4,25)26)16-7-5-6-15(20)11-16/h5-11H,12H2,1-4H3,(H,22,24)/b21-13-. The predicted octanol–water partition coefficient (Wildman–Crippen LogP) is 2.77. The van der Waals surface area contributed by atoms with Gasteiger partial charge in [-0.1, -0.05) is 22.0 Å². The Balaban J connectivity index is 2.16. The van der Waals surface area contributed by atoms with Gasteiger partial charge < -0.3 is 9.47 Å². The molecule has 0 bridgehead atoms. The van der Waals surface area contributed by atoms with E-state index in [0.29, 0.717) is 27.4 Å². The van der Waals surface area contributed by atoms with Crippen molar-refractivity contribution in [3.63, 3.8) is 0 Å². The monoisotopic (exact) mass is 483 g/mol. The first kappa shape index (κ1) is 22.7. The fourth-order valence-corrected chi connectivity index (χ4v) is 3.70. The molecule has 8 nitrogen and oxygen atoms in total. The third-order valence-corrected chi connectivity index (χ3v) is 5.57. The summed E-state index contributed by atoms with van der Waals surface area (Å²) >= 11 is 3.30. The zero-order valence-electron chi connectivity index (χ0n) is 16.5. The number of methoxy groups -OCH3 is 2. The Kier molecular flexibility index (Phi) is 7.63. The van der Waals surface area contributed by atoms with Crippen LogP contribution in [0.1, 0.15) is 12.5 Å². The van der Waals surface area contributed by atoms with Crippen LogP contribution in [-0.2, 0) is 14.8 Å². The van der Waals surface area contributed by atoms with E-state index >= 15 is 0 Å².